The van der Waals surface area contributed by atoms with Crippen molar-refractivity contribution >= 4 is 5.82 Å². The van der Waals surface area contributed by atoms with Crippen LogP contribution in [0, 0.1) is 0 Å². The molecule has 112 valence electrons. The summed E-state index contributed by atoms with van der Waals surface area (Å²) in [4.78, 5) is 4.19. The van der Waals surface area contributed by atoms with Gasteiger partial charge in [0.25, 0.3) is 0 Å². The number of aromatic nitrogens is 3. The summed E-state index contributed by atoms with van der Waals surface area (Å²) < 4.78 is 40.3. The maximum atomic E-state index is 13.0. The van der Waals surface area contributed by atoms with Crippen LogP contribution in [0.5, 0.6) is 0 Å². The third-order valence-electron chi connectivity index (χ3n) is 3.34. The van der Waals surface area contributed by atoms with E-state index in [1.54, 1.807) is 13.1 Å². The number of pyridine rings is 1. The first-order valence-corrected chi connectivity index (χ1v) is 6.86. The molecule has 2 aromatic heterocycles. The van der Waals surface area contributed by atoms with Crippen molar-refractivity contribution in [3.63, 3.8) is 0 Å². The number of alkyl halides is 3. The molecule has 21 heavy (non-hydrogen) atoms. The minimum atomic E-state index is -4.41. The molecule has 1 fully saturated rings. The first kappa shape index (κ1) is 13.9. The second-order valence-electron chi connectivity index (χ2n) is 5.09. The largest absolute Gasteiger partial charge is 0.416 e. The van der Waals surface area contributed by atoms with Gasteiger partial charge >= 0.3 is 6.18 Å². The quantitative estimate of drug-likeness (QED) is 0.937. The van der Waals surface area contributed by atoms with Gasteiger partial charge < -0.3 is 5.32 Å². The van der Waals surface area contributed by atoms with E-state index in [0.29, 0.717) is 12.5 Å². The van der Waals surface area contributed by atoms with Gasteiger partial charge in [0, 0.05) is 18.7 Å². The normalized spacial score (nSPS) is 15.2. The average Bonchev–Trinajstić information content (AvgIpc) is 3.15. The van der Waals surface area contributed by atoms with Gasteiger partial charge in [-0.1, -0.05) is 0 Å². The minimum absolute atomic E-state index is 0.174. The number of nitrogens with one attached hydrogen (secondary N) is 1. The summed E-state index contributed by atoms with van der Waals surface area (Å²) in [6, 6.07) is 3.87. The molecule has 0 bridgehead atoms. The fraction of sp³-hybridized carbons (Fsp3) is 0.429. The Morgan fingerprint density at radius 3 is 2.71 bits per heavy atom. The Labute approximate surface area is 120 Å². The SMILES string of the molecule is CCNc1cc(C(F)(F)F)cc(-n2ccc(C3CC3)n2)n1. The zero-order valence-corrected chi connectivity index (χ0v) is 11.5. The lowest BCUT2D eigenvalue weighted by Crippen LogP contribution is -2.11. The van der Waals surface area contributed by atoms with E-state index in [4.69, 9.17) is 0 Å². The predicted molar refractivity (Wildman–Crippen MR) is 72.5 cm³/mol. The highest BCUT2D eigenvalue weighted by molar-refractivity contribution is 5.45. The molecule has 2 aromatic rings. The topological polar surface area (TPSA) is 42.7 Å². The minimum Gasteiger partial charge on any atom is -0.370 e. The Bertz CT molecular complexity index is 644. The smallest absolute Gasteiger partial charge is 0.370 e. The number of rotatable bonds is 4. The van der Waals surface area contributed by atoms with Crippen LogP contribution in [0.1, 0.15) is 36.9 Å². The van der Waals surface area contributed by atoms with Crippen molar-refractivity contribution in [3.05, 3.63) is 35.7 Å². The lowest BCUT2D eigenvalue weighted by atomic mass is 10.2. The molecule has 1 aliphatic carbocycles. The summed E-state index contributed by atoms with van der Waals surface area (Å²) >= 11 is 0. The highest BCUT2D eigenvalue weighted by Gasteiger charge is 2.32. The number of halogens is 3. The molecule has 0 spiro atoms. The molecule has 7 heteroatoms. The van der Waals surface area contributed by atoms with Crippen LogP contribution in [-0.4, -0.2) is 21.3 Å². The molecule has 0 unspecified atom stereocenters. The monoisotopic (exact) mass is 296 g/mol. The van der Waals surface area contributed by atoms with Crippen molar-refractivity contribution in [2.24, 2.45) is 0 Å². The van der Waals surface area contributed by atoms with E-state index in [9.17, 15) is 13.2 Å². The van der Waals surface area contributed by atoms with Crippen LogP contribution in [0.15, 0.2) is 24.4 Å². The summed E-state index contributed by atoms with van der Waals surface area (Å²) in [5.41, 5.74) is 0.186. The fourth-order valence-electron chi connectivity index (χ4n) is 2.13. The number of hydrogen-bond donors (Lipinski definition) is 1. The Kier molecular flexibility index (Phi) is 3.35. The van der Waals surface area contributed by atoms with Gasteiger partial charge in [0.1, 0.15) is 5.82 Å². The van der Waals surface area contributed by atoms with Crippen molar-refractivity contribution in [3.8, 4) is 5.82 Å². The van der Waals surface area contributed by atoms with Crippen molar-refractivity contribution in [2.75, 3.05) is 11.9 Å². The molecule has 0 saturated heterocycles. The van der Waals surface area contributed by atoms with Crippen molar-refractivity contribution in [1.82, 2.24) is 14.8 Å². The zero-order valence-electron chi connectivity index (χ0n) is 11.5. The first-order valence-electron chi connectivity index (χ1n) is 6.86. The van der Waals surface area contributed by atoms with Crippen LogP contribution >= 0.6 is 0 Å². The molecule has 4 nitrogen and oxygen atoms in total. The summed E-state index contributed by atoms with van der Waals surface area (Å²) in [5.74, 6) is 0.823. The van der Waals surface area contributed by atoms with Crippen LogP contribution in [-0.2, 0) is 6.18 Å². The van der Waals surface area contributed by atoms with Gasteiger partial charge in [0.2, 0.25) is 0 Å². The molecule has 1 N–H and O–H groups in total. The Morgan fingerprint density at radius 1 is 1.33 bits per heavy atom. The Balaban J connectivity index is 2.00. The molecular formula is C14H15F3N4. The second kappa shape index (κ2) is 5.05. The molecule has 0 aliphatic heterocycles. The van der Waals surface area contributed by atoms with Gasteiger partial charge in [-0.25, -0.2) is 9.67 Å². The number of anilines is 1. The molecule has 0 aromatic carbocycles. The lowest BCUT2D eigenvalue weighted by Gasteiger charge is -2.12. The van der Waals surface area contributed by atoms with E-state index >= 15 is 0 Å². The van der Waals surface area contributed by atoms with Crippen LogP contribution < -0.4 is 5.32 Å². The van der Waals surface area contributed by atoms with Crippen molar-refractivity contribution < 1.29 is 13.2 Å². The highest BCUT2D eigenvalue weighted by Crippen LogP contribution is 2.39. The predicted octanol–water partition coefficient (Wildman–Crippen LogP) is 3.60. The molecule has 0 radical (unpaired) electrons. The summed E-state index contributed by atoms with van der Waals surface area (Å²) in [7, 11) is 0. The summed E-state index contributed by atoms with van der Waals surface area (Å²) in [6.07, 6.45) is -0.564. The van der Waals surface area contributed by atoms with Gasteiger partial charge in [-0.3, -0.25) is 0 Å². The van der Waals surface area contributed by atoms with Crippen LogP contribution in [0.4, 0.5) is 19.0 Å². The molecular weight excluding hydrogens is 281 g/mol. The molecule has 1 saturated carbocycles. The molecule has 0 amide bonds. The van der Waals surface area contributed by atoms with E-state index in [1.165, 1.54) is 4.68 Å². The third kappa shape index (κ3) is 3.01. The van der Waals surface area contributed by atoms with Gasteiger partial charge in [0.05, 0.1) is 11.3 Å². The van der Waals surface area contributed by atoms with Gasteiger partial charge in [-0.15, -0.1) is 0 Å². The van der Waals surface area contributed by atoms with E-state index < -0.39 is 11.7 Å². The van der Waals surface area contributed by atoms with E-state index in [1.807, 2.05) is 6.07 Å². The van der Waals surface area contributed by atoms with E-state index in [0.717, 1.165) is 30.7 Å². The van der Waals surface area contributed by atoms with E-state index in [-0.39, 0.29) is 11.6 Å². The molecule has 1 aliphatic rings. The maximum absolute atomic E-state index is 13.0. The van der Waals surface area contributed by atoms with Crippen LogP contribution in [0.2, 0.25) is 0 Å². The number of nitrogens with zero attached hydrogens (tertiary/aromatic N) is 3. The Morgan fingerprint density at radius 2 is 2.10 bits per heavy atom. The molecule has 0 atom stereocenters. The maximum Gasteiger partial charge on any atom is 0.416 e. The van der Waals surface area contributed by atoms with Crippen molar-refractivity contribution in [1.29, 1.82) is 0 Å². The van der Waals surface area contributed by atoms with Crippen LogP contribution in [0.3, 0.4) is 0 Å². The lowest BCUT2D eigenvalue weighted by molar-refractivity contribution is -0.137. The average molecular weight is 296 g/mol. The van der Waals surface area contributed by atoms with E-state index in [2.05, 4.69) is 15.4 Å². The van der Waals surface area contributed by atoms with Gasteiger partial charge in [-0.2, -0.15) is 18.3 Å². The first-order chi connectivity index (χ1) is 9.97. The van der Waals surface area contributed by atoms with Crippen molar-refractivity contribution in [2.45, 2.75) is 31.9 Å². The second-order valence-corrected chi connectivity index (χ2v) is 5.09. The van der Waals surface area contributed by atoms with Gasteiger partial charge in [0.15, 0.2) is 5.82 Å². The van der Waals surface area contributed by atoms with Gasteiger partial charge in [-0.05, 0) is 38.0 Å². The standard InChI is InChI=1S/C14H15F3N4/c1-2-18-12-7-10(14(15,16)17)8-13(19-12)21-6-5-11(20-21)9-3-4-9/h5-9H,2-4H2,1H3,(H,18,19). The highest BCUT2D eigenvalue weighted by atomic mass is 19.4. The fourth-order valence-corrected chi connectivity index (χ4v) is 2.13. The number of hydrogen-bond acceptors (Lipinski definition) is 3. The summed E-state index contributed by atoms with van der Waals surface area (Å²) in [6.45, 7) is 2.31. The van der Waals surface area contributed by atoms with Crippen LogP contribution in [0.25, 0.3) is 5.82 Å². The summed E-state index contributed by atoms with van der Waals surface area (Å²) in [5, 5.41) is 7.15. The molecule has 3 rings (SSSR count). The molecule has 2 heterocycles. The zero-order chi connectivity index (χ0) is 15.0. The third-order valence-corrected chi connectivity index (χ3v) is 3.34. The Hall–Kier alpha value is -2.05.